The molecule has 12 rings (SSSR count). The van der Waals surface area contributed by atoms with Crippen LogP contribution in [0.4, 0.5) is 0 Å². The molecule has 4 aliphatic carbocycles. The minimum atomic E-state index is 0.939. The van der Waals surface area contributed by atoms with Crippen LogP contribution in [0, 0.1) is 0 Å². The molecule has 0 N–H and O–H groups in total. The van der Waals surface area contributed by atoms with Crippen LogP contribution in [-0.4, -0.2) is 6.79 Å². The summed E-state index contributed by atoms with van der Waals surface area (Å²) >= 11 is 0. The van der Waals surface area contributed by atoms with Gasteiger partial charge in [-0.15, -0.1) is 0 Å². The maximum atomic E-state index is 8.00. The van der Waals surface area contributed by atoms with Crippen molar-refractivity contribution in [3.63, 3.8) is 0 Å². The van der Waals surface area contributed by atoms with Crippen LogP contribution in [0.15, 0.2) is 170 Å². The Bertz CT molecular complexity index is 2370. The van der Waals surface area contributed by atoms with Crippen LogP contribution in [0.5, 0.6) is 23.0 Å². The van der Waals surface area contributed by atoms with Gasteiger partial charge in [0.1, 0.15) is 29.8 Å². The fraction of sp³-hybridized carbons (Fsp3) is 0. The predicted octanol–water partition coefficient (Wildman–Crippen LogP) is 13.4. The van der Waals surface area contributed by atoms with Crippen LogP contribution in [0.1, 0.15) is 0 Å². The summed E-state index contributed by atoms with van der Waals surface area (Å²) in [6.45, 7) is 2.00. The number of carbonyl (C=O) groups excluding carboxylic acids is 1. The molecule has 4 aliphatic rings. The van der Waals surface area contributed by atoms with Gasteiger partial charge in [-0.05, 0) is 91.0 Å². The smallest absolute Gasteiger partial charge is 0.135 e. The lowest BCUT2D eigenvalue weighted by atomic mass is 9.79. The zero-order valence-corrected chi connectivity index (χ0v) is 28.1. The van der Waals surface area contributed by atoms with E-state index in [9.17, 15) is 0 Å². The normalized spacial score (nSPS) is 11.6. The Balaban J connectivity index is 0.000000124. The average Bonchev–Trinajstić information content (AvgIpc) is 3.18. The van der Waals surface area contributed by atoms with Crippen LogP contribution in [0.25, 0.3) is 89.0 Å². The first-order valence-electron chi connectivity index (χ1n) is 17.4. The molecule has 244 valence electrons. The molecule has 0 radical (unpaired) electrons. The van der Waals surface area contributed by atoms with E-state index in [0.29, 0.717) is 0 Å². The SMILES string of the molecule is C=O.c1ccc2c(c1)-c1cccc(Oc3cccc4c3-c3ccccc3-4)c1-2.c1ccc2c(c1)-c1cccc(Oc3cccc4c3-c3ccccc3-4)c1-2. The first kappa shape index (κ1) is 29.9. The molecule has 3 heteroatoms. The lowest BCUT2D eigenvalue weighted by Gasteiger charge is -2.29. The van der Waals surface area contributed by atoms with Gasteiger partial charge in [0.05, 0.1) is 0 Å². The van der Waals surface area contributed by atoms with E-state index >= 15 is 0 Å². The van der Waals surface area contributed by atoms with Crippen LogP contribution in [0.2, 0.25) is 0 Å². The van der Waals surface area contributed by atoms with Crippen molar-refractivity contribution in [1.29, 1.82) is 0 Å². The first-order valence-corrected chi connectivity index (χ1v) is 17.4. The number of ether oxygens (including phenoxy) is 2. The molecule has 0 atom stereocenters. The summed E-state index contributed by atoms with van der Waals surface area (Å²) < 4.78 is 12.8. The molecular weight excluding hydrogens is 637 g/mol. The van der Waals surface area contributed by atoms with E-state index in [1.54, 1.807) is 0 Å². The van der Waals surface area contributed by atoms with Gasteiger partial charge in [-0.2, -0.15) is 0 Å². The molecule has 0 spiro atoms. The Labute approximate surface area is 302 Å². The highest BCUT2D eigenvalue weighted by Gasteiger charge is 2.30. The van der Waals surface area contributed by atoms with Gasteiger partial charge in [-0.25, -0.2) is 0 Å². The molecule has 0 saturated heterocycles. The Kier molecular flexibility index (Phi) is 6.80. The molecule has 0 unspecified atom stereocenters. The number of carbonyl (C=O) groups is 1. The number of hydrogen-bond acceptors (Lipinski definition) is 3. The van der Waals surface area contributed by atoms with Gasteiger partial charge in [0.2, 0.25) is 0 Å². The van der Waals surface area contributed by atoms with Gasteiger partial charge in [-0.1, -0.05) is 146 Å². The molecule has 52 heavy (non-hydrogen) atoms. The Morgan fingerprint density at radius 1 is 0.231 bits per heavy atom. The van der Waals surface area contributed by atoms with Crippen molar-refractivity contribution in [3.05, 3.63) is 170 Å². The van der Waals surface area contributed by atoms with Crippen LogP contribution < -0.4 is 9.47 Å². The third-order valence-corrected chi connectivity index (χ3v) is 10.5. The standard InChI is InChI=1S/2C24H14O.CH2O/c2*1-3-9-17-15(7-1)19-11-5-13-21(23(17)19)25-22-14-6-12-20-16-8-2-4-10-18(16)24(20)22;1-2/h2*1-14H;1H2. The van der Waals surface area contributed by atoms with E-state index in [2.05, 4.69) is 170 Å². The van der Waals surface area contributed by atoms with Gasteiger partial charge < -0.3 is 14.3 Å². The molecule has 0 fully saturated rings. The molecule has 0 bridgehead atoms. The fourth-order valence-electron chi connectivity index (χ4n) is 8.20. The number of rotatable bonds is 4. The van der Waals surface area contributed by atoms with Crippen LogP contribution in [0.3, 0.4) is 0 Å². The highest BCUT2D eigenvalue weighted by Crippen LogP contribution is 2.57. The van der Waals surface area contributed by atoms with Gasteiger partial charge in [0, 0.05) is 22.3 Å². The number of benzene rings is 8. The lowest BCUT2D eigenvalue weighted by molar-refractivity contribution is -0.0980. The monoisotopic (exact) mass is 666 g/mol. The predicted molar refractivity (Wildman–Crippen MR) is 211 cm³/mol. The largest absolute Gasteiger partial charge is 0.456 e. The summed E-state index contributed by atoms with van der Waals surface area (Å²) in [7, 11) is 0. The molecule has 0 aliphatic heterocycles. The van der Waals surface area contributed by atoms with E-state index in [1.165, 1.54) is 89.0 Å². The summed E-state index contributed by atoms with van der Waals surface area (Å²) in [5.74, 6) is 3.76. The summed E-state index contributed by atoms with van der Waals surface area (Å²) in [4.78, 5) is 8.00. The summed E-state index contributed by atoms with van der Waals surface area (Å²) in [5.41, 5.74) is 20.4. The van der Waals surface area contributed by atoms with Crippen LogP contribution in [-0.2, 0) is 4.79 Å². The van der Waals surface area contributed by atoms with Crippen molar-refractivity contribution in [3.8, 4) is 112 Å². The van der Waals surface area contributed by atoms with Crippen molar-refractivity contribution in [2.24, 2.45) is 0 Å². The van der Waals surface area contributed by atoms with Crippen molar-refractivity contribution < 1.29 is 14.3 Å². The number of hydrogen-bond donors (Lipinski definition) is 0. The van der Waals surface area contributed by atoms with Crippen molar-refractivity contribution in [2.45, 2.75) is 0 Å². The van der Waals surface area contributed by atoms with Gasteiger partial charge in [0.15, 0.2) is 0 Å². The number of fused-ring (bicyclic) bond motifs is 16. The Morgan fingerprint density at radius 3 is 0.654 bits per heavy atom. The molecule has 0 heterocycles. The summed E-state index contributed by atoms with van der Waals surface area (Å²) in [5, 5.41) is 0. The van der Waals surface area contributed by atoms with E-state index in [-0.39, 0.29) is 0 Å². The van der Waals surface area contributed by atoms with Crippen molar-refractivity contribution >= 4 is 6.79 Å². The molecule has 0 amide bonds. The second-order valence-corrected chi connectivity index (χ2v) is 13.1. The van der Waals surface area contributed by atoms with Gasteiger partial charge in [-0.3, -0.25) is 0 Å². The quantitative estimate of drug-likeness (QED) is 0.188. The van der Waals surface area contributed by atoms with E-state index in [0.717, 1.165) is 23.0 Å². The maximum Gasteiger partial charge on any atom is 0.135 e. The van der Waals surface area contributed by atoms with Gasteiger partial charge in [0.25, 0.3) is 0 Å². The van der Waals surface area contributed by atoms with E-state index in [1.807, 2.05) is 6.79 Å². The molecular formula is C49H30O3. The lowest BCUT2D eigenvalue weighted by Crippen LogP contribution is -2.03. The zero-order chi connectivity index (χ0) is 34.8. The minimum Gasteiger partial charge on any atom is -0.456 e. The van der Waals surface area contributed by atoms with E-state index in [4.69, 9.17) is 14.3 Å². The van der Waals surface area contributed by atoms with E-state index < -0.39 is 0 Å². The minimum absolute atomic E-state index is 0.939. The zero-order valence-electron chi connectivity index (χ0n) is 28.1. The molecule has 0 saturated carbocycles. The molecule has 8 aromatic rings. The summed E-state index contributed by atoms with van der Waals surface area (Å²) in [6.07, 6.45) is 0. The molecule has 3 nitrogen and oxygen atoms in total. The second kappa shape index (κ2) is 11.8. The topological polar surface area (TPSA) is 35.5 Å². The van der Waals surface area contributed by atoms with Gasteiger partial charge >= 0.3 is 0 Å². The third kappa shape index (κ3) is 4.30. The molecule has 8 aromatic carbocycles. The third-order valence-electron chi connectivity index (χ3n) is 10.5. The summed E-state index contributed by atoms with van der Waals surface area (Å²) in [6, 6.07) is 59.3. The van der Waals surface area contributed by atoms with Crippen molar-refractivity contribution in [1.82, 2.24) is 0 Å². The molecule has 0 aromatic heterocycles. The Hall–Kier alpha value is -6.97. The highest BCUT2D eigenvalue weighted by molar-refractivity contribution is 6.08. The highest BCUT2D eigenvalue weighted by atomic mass is 16.5. The maximum absolute atomic E-state index is 8.00. The van der Waals surface area contributed by atoms with Crippen molar-refractivity contribution in [2.75, 3.05) is 0 Å². The first-order chi connectivity index (χ1) is 25.8. The second-order valence-electron chi connectivity index (χ2n) is 13.1. The Morgan fingerprint density at radius 2 is 0.423 bits per heavy atom. The fourth-order valence-corrected chi connectivity index (χ4v) is 8.20. The average molecular weight is 667 g/mol. The van der Waals surface area contributed by atoms with Crippen LogP contribution >= 0.6 is 0 Å².